The first-order valence-corrected chi connectivity index (χ1v) is 9.55. The molecule has 0 aromatic heterocycles. The van der Waals surface area contributed by atoms with Crippen LogP contribution >= 0.6 is 0 Å². The summed E-state index contributed by atoms with van der Waals surface area (Å²) in [6.07, 6.45) is 0. The summed E-state index contributed by atoms with van der Waals surface area (Å²) >= 11 is 0. The van der Waals surface area contributed by atoms with Crippen molar-refractivity contribution >= 4 is 0 Å². The van der Waals surface area contributed by atoms with Crippen LogP contribution in [0.3, 0.4) is 0 Å². The van der Waals surface area contributed by atoms with Gasteiger partial charge in [0.1, 0.15) is 0 Å². The van der Waals surface area contributed by atoms with Crippen molar-refractivity contribution in [1.29, 1.82) is 0 Å². The van der Waals surface area contributed by atoms with Crippen molar-refractivity contribution in [2.75, 3.05) is 14.2 Å². The summed E-state index contributed by atoms with van der Waals surface area (Å²) in [4.78, 5) is 0. The van der Waals surface area contributed by atoms with E-state index in [1.54, 1.807) is 12.1 Å². The Kier molecular flexibility index (Phi) is 5.31. The first-order chi connectivity index (χ1) is 14.6. The van der Waals surface area contributed by atoms with Gasteiger partial charge in [0.25, 0.3) is 0 Å². The lowest BCUT2D eigenvalue weighted by molar-refractivity contribution is 0.374. The Morgan fingerprint density at radius 1 is 0.500 bits per heavy atom. The van der Waals surface area contributed by atoms with Crippen LogP contribution in [0.4, 0.5) is 0 Å². The van der Waals surface area contributed by atoms with Crippen molar-refractivity contribution in [3.63, 3.8) is 0 Å². The van der Waals surface area contributed by atoms with E-state index < -0.39 is 0 Å². The zero-order valence-corrected chi connectivity index (χ0v) is 16.8. The minimum Gasteiger partial charge on any atom is -0.504 e. The molecule has 0 fully saturated rings. The van der Waals surface area contributed by atoms with Crippen molar-refractivity contribution in [1.82, 2.24) is 0 Å². The fourth-order valence-electron chi connectivity index (χ4n) is 3.54. The lowest BCUT2D eigenvalue weighted by atomic mass is 9.94. The van der Waals surface area contributed by atoms with Crippen LogP contribution in [0.5, 0.6) is 23.0 Å². The van der Waals surface area contributed by atoms with Gasteiger partial charge >= 0.3 is 0 Å². The highest BCUT2D eigenvalue weighted by Gasteiger charge is 2.17. The molecule has 4 rings (SSSR count). The van der Waals surface area contributed by atoms with E-state index in [9.17, 15) is 10.2 Å². The Balaban J connectivity index is 1.94. The zero-order chi connectivity index (χ0) is 21.1. The predicted octanol–water partition coefficient (Wildman–Crippen LogP) is 6.12. The van der Waals surface area contributed by atoms with Gasteiger partial charge in [0, 0.05) is 11.1 Å². The molecule has 0 aliphatic heterocycles. The maximum absolute atomic E-state index is 10.7. The van der Waals surface area contributed by atoms with Crippen molar-refractivity contribution in [3.05, 3.63) is 84.9 Å². The van der Waals surface area contributed by atoms with Crippen LogP contribution in [0.2, 0.25) is 0 Å². The number of rotatable bonds is 5. The third-order valence-corrected chi connectivity index (χ3v) is 5.09. The largest absolute Gasteiger partial charge is 0.504 e. The molecule has 4 heteroatoms. The van der Waals surface area contributed by atoms with Crippen LogP contribution in [-0.4, -0.2) is 24.4 Å². The molecule has 0 spiro atoms. The van der Waals surface area contributed by atoms with Gasteiger partial charge in [0.2, 0.25) is 0 Å². The van der Waals surface area contributed by atoms with Crippen LogP contribution in [0, 0.1) is 0 Å². The van der Waals surface area contributed by atoms with Gasteiger partial charge in [0.15, 0.2) is 23.0 Å². The molecular weight excluding hydrogens is 376 g/mol. The summed E-state index contributed by atoms with van der Waals surface area (Å²) in [6, 6.07) is 26.7. The van der Waals surface area contributed by atoms with Gasteiger partial charge in [0.05, 0.1) is 14.2 Å². The maximum atomic E-state index is 10.7. The number of aromatic hydroxyl groups is 2. The second-order valence-electron chi connectivity index (χ2n) is 6.88. The normalized spacial score (nSPS) is 10.6. The quantitative estimate of drug-likeness (QED) is 0.425. The number of phenols is 2. The van der Waals surface area contributed by atoms with Crippen LogP contribution in [0.1, 0.15) is 0 Å². The molecule has 4 aromatic carbocycles. The van der Waals surface area contributed by atoms with Gasteiger partial charge in [-0.3, -0.25) is 0 Å². The fourth-order valence-corrected chi connectivity index (χ4v) is 3.54. The first-order valence-electron chi connectivity index (χ1n) is 9.55. The number of benzene rings is 4. The summed E-state index contributed by atoms with van der Waals surface area (Å²) in [5.74, 6) is 0.919. The highest BCUT2D eigenvalue weighted by molar-refractivity contribution is 5.85. The highest BCUT2D eigenvalue weighted by atomic mass is 16.5. The minimum absolute atomic E-state index is 0.0847. The lowest BCUT2D eigenvalue weighted by Crippen LogP contribution is -1.92. The second-order valence-corrected chi connectivity index (χ2v) is 6.88. The van der Waals surface area contributed by atoms with E-state index in [0.29, 0.717) is 22.6 Å². The molecule has 4 aromatic rings. The number of phenolic OH excluding ortho intramolecular Hbond substituents is 2. The van der Waals surface area contributed by atoms with Crippen LogP contribution in [0.15, 0.2) is 84.9 Å². The predicted molar refractivity (Wildman–Crippen MR) is 119 cm³/mol. The summed E-state index contributed by atoms with van der Waals surface area (Å²) in [6.45, 7) is 0. The lowest BCUT2D eigenvalue weighted by Gasteiger charge is -2.16. The molecule has 0 bridgehead atoms. The zero-order valence-electron chi connectivity index (χ0n) is 16.8. The molecule has 0 aliphatic carbocycles. The van der Waals surface area contributed by atoms with Gasteiger partial charge in [-0.1, -0.05) is 60.7 Å². The van der Waals surface area contributed by atoms with Crippen LogP contribution in [0.25, 0.3) is 33.4 Å². The van der Waals surface area contributed by atoms with Gasteiger partial charge in [-0.25, -0.2) is 0 Å². The first kappa shape index (κ1) is 19.4. The molecule has 0 aliphatic rings. The van der Waals surface area contributed by atoms with Gasteiger partial charge in [-0.2, -0.15) is 0 Å². The molecule has 0 atom stereocenters. The average molecular weight is 398 g/mol. The SMILES string of the molecule is COc1cc(-c2cc(OC)c(O)c(-c3ccccc3)c2)cc(-c2ccccc2)c1O. The Morgan fingerprint density at radius 2 is 0.867 bits per heavy atom. The van der Waals surface area contributed by atoms with Crippen LogP contribution < -0.4 is 9.47 Å². The average Bonchev–Trinajstić information content (AvgIpc) is 2.80. The Labute approximate surface area is 175 Å². The Morgan fingerprint density at radius 3 is 1.20 bits per heavy atom. The highest BCUT2D eigenvalue weighted by Crippen LogP contribution is 2.45. The maximum Gasteiger partial charge on any atom is 0.165 e. The van der Waals surface area contributed by atoms with E-state index in [4.69, 9.17) is 9.47 Å². The third kappa shape index (κ3) is 3.55. The van der Waals surface area contributed by atoms with Gasteiger partial charge < -0.3 is 19.7 Å². The summed E-state index contributed by atoms with van der Waals surface area (Å²) < 4.78 is 10.9. The van der Waals surface area contributed by atoms with E-state index >= 15 is 0 Å². The molecule has 0 saturated heterocycles. The number of ether oxygens (including phenoxy) is 2. The molecule has 2 N–H and O–H groups in total. The molecule has 150 valence electrons. The van der Waals surface area contributed by atoms with Crippen molar-refractivity contribution in [2.24, 2.45) is 0 Å². The number of methoxy groups -OCH3 is 2. The van der Waals surface area contributed by atoms with E-state index in [0.717, 1.165) is 22.3 Å². The molecule has 0 unspecified atom stereocenters. The van der Waals surface area contributed by atoms with E-state index in [1.807, 2.05) is 72.8 Å². The summed E-state index contributed by atoms with van der Waals surface area (Å²) in [5.41, 5.74) is 4.75. The second kappa shape index (κ2) is 8.21. The van der Waals surface area contributed by atoms with Crippen LogP contribution in [-0.2, 0) is 0 Å². The standard InChI is InChI=1S/C26H22O4/c1-29-23-15-19(13-21(25(23)27)17-9-5-3-6-10-17)20-14-22(18-11-7-4-8-12-18)26(28)24(16-20)30-2/h3-16,27-28H,1-2H3. The smallest absolute Gasteiger partial charge is 0.165 e. The van der Waals surface area contributed by atoms with Crippen molar-refractivity contribution in [3.8, 4) is 56.4 Å². The molecule has 4 nitrogen and oxygen atoms in total. The molecule has 0 saturated carbocycles. The molecule has 0 heterocycles. The third-order valence-electron chi connectivity index (χ3n) is 5.09. The number of hydrogen-bond donors (Lipinski definition) is 2. The molecule has 30 heavy (non-hydrogen) atoms. The minimum atomic E-state index is 0.0847. The molecule has 0 amide bonds. The summed E-state index contributed by atoms with van der Waals surface area (Å²) in [5, 5.41) is 21.4. The molecular formula is C26H22O4. The Bertz CT molecular complexity index is 1070. The van der Waals surface area contributed by atoms with Gasteiger partial charge in [-0.05, 0) is 46.5 Å². The summed E-state index contributed by atoms with van der Waals surface area (Å²) in [7, 11) is 3.06. The van der Waals surface area contributed by atoms with E-state index in [-0.39, 0.29) is 11.5 Å². The fraction of sp³-hybridized carbons (Fsp3) is 0.0769. The van der Waals surface area contributed by atoms with E-state index in [2.05, 4.69) is 0 Å². The number of hydrogen-bond acceptors (Lipinski definition) is 4. The van der Waals surface area contributed by atoms with Crippen molar-refractivity contribution < 1.29 is 19.7 Å². The molecule has 0 radical (unpaired) electrons. The van der Waals surface area contributed by atoms with Gasteiger partial charge in [-0.15, -0.1) is 0 Å². The van der Waals surface area contributed by atoms with E-state index in [1.165, 1.54) is 14.2 Å². The Hall–Kier alpha value is -3.92. The monoisotopic (exact) mass is 398 g/mol. The topological polar surface area (TPSA) is 58.9 Å². The van der Waals surface area contributed by atoms with Crippen molar-refractivity contribution in [2.45, 2.75) is 0 Å².